The van der Waals surface area contributed by atoms with Gasteiger partial charge in [-0.2, -0.15) is 5.10 Å². The summed E-state index contributed by atoms with van der Waals surface area (Å²) in [6.45, 7) is 4.59. The topological polar surface area (TPSA) is 73.0 Å². The molecule has 28 heavy (non-hydrogen) atoms. The minimum atomic E-state index is -0.119. The Labute approximate surface area is 163 Å². The number of oxazole rings is 1. The monoisotopic (exact) mass is 374 g/mol. The van der Waals surface area contributed by atoms with Crippen LogP contribution in [0.1, 0.15) is 41.6 Å². The van der Waals surface area contributed by atoms with E-state index in [1.54, 1.807) is 18.2 Å². The van der Waals surface area contributed by atoms with E-state index in [1.165, 1.54) is 0 Å². The lowest BCUT2D eigenvalue weighted by Gasteiger charge is -2.04. The summed E-state index contributed by atoms with van der Waals surface area (Å²) < 4.78 is 7.53. The van der Waals surface area contributed by atoms with Gasteiger partial charge in [0.2, 0.25) is 0 Å². The predicted molar refractivity (Wildman–Crippen MR) is 108 cm³/mol. The minimum absolute atomic E-state index is 0.119. The molecule has 0 spiro atoms. The highest BCUT2D eigenvalue weighted by atomic mass is 16.3. The van der Waals surface area contributed by atoms with Gasteiger partial charge in [-0.05, 0) is 42.3 Å². The minimum Gasteiger partial charge on any atom is -0.440 e. The summed E-state index contributed by atoms with van der Waals surface area (Å²) in [4.78, 5) is 16.9. The van der Waals surface area contributed by atoms with Gasteiger partial charge in [0, 0.05) is 24.2 Å². The number of rotatable bonds is 6. The lowest BCUT2D eigenvalue weighted by molar-refractivity contribution is 0.0954. The number of carbonyl (C=O) groups excluding carboxylic acids is 1. The quantitative estimate of drug-likeness (QED) is 0.551. The Kier molecular flexibility index (Phi) is 4.93. The molecule has 0 atom stereocenters. The van der Waals surface area contributed by atoms with Crippen LogP contribution < -0.4 is 5.32 Å². The number of hydrogen-bond acceptors (Lipinski definition) is 4. The van der Waals surface area contributed by atoms with Gasteiger partial charge in [-0.3, -0.25) is 4.79 Å². The summed E-state index contributed by atoms with van der Waals surface area (Å²) in [6, 6.07) is 15.3. The number of nitrogens with zero attached hydrogens (tertiary/aromatic N) is 3. The highest BCUT2D eigenvalue weighted by Gasteiger charge is 2.12. The van der Waals surface area contributed by atoms with Crippen molar-refractivity contribution in [2.45, 2.75) is 26.2 Å². The normalized spacial score (nSPS) is 11.2. The molecular weight excluding hydrogens is 352 g/mol. The zero-order valence-electron chi connectivity index (χ0n) is 15.9. The standard InChI is InChI=1S/C22H22N4O2/c1-15(2)22-25-19-12-17(8-9-20(19)28-22)21(27)23-11-10-16-13-24-26(14-16)18-6-4-3-5-7-18/h3-9,12-15H,10-11H2,1-2H3,(H,23,27). The van der Waals surface area contributed by atoms with E-state index in [9.17, 15) is 4.79 Å². The fourth-order valence-corrected chi connectivity index (χ4v) is 2.97. The molecule has 0 aliphatic heterocycles. The Morgan fingerprint density at radius 2 is 2.00 bits per heavy atom. The number of fused-ring (bicyclic) bond motifs is 1. The van der Waals surface area contributed by atoms with Crippen LogP contribution in [0.5, 0.6) is 0 Å². The number of carbonyl (C=O) groups is 1. The van der Waals surface area contributed by atoms with Crippen molar-refractivity contribution in [3.05, 3.63) is 77.9 Å². The molecule has 0 aliphatic rings. The lowest BCUT2D eigenvalue weighted by atomic mass is 10.2. The van der Waals surface area contributed by atoms with Gasteiger partial charge < -0.3 is 9.73 Å². The maximum Gasteiger partial charge on any atom is 0.251 e. The van der Waals surface area contributed by atoms with Crippen molar-refractivity contribution in [3.63, 3.8) is 0 Å². The molecule has 6 nitrogen and oxygen atoms in total. The molecule has 4 rings (SSSR count). The van der Waals surface area contributed by atoms with Crippen molar-refractivity contribution >= 4 is 17.0 Å². The van der Waals surface area contributed by atoms with Gasteiger partial charge in [0.15, 0.2) is 11.5 Å². The third-order valence-corrected chi connectivity index (χ3v) is 4.52. The number of hydrogen-bond donors (Lipinski definition) is 1. The first-order valence-corrected chi connectivity index (χ1v) is 9.38. The van der Waals surface area contributed by atoms with Gasteiger partial charge in [0.1, 0.15) is 5.52 Å². The van der Waals surface area contributed by atoms with Crippen LogP contribution in [0.4, 0.5) is 0 Å². The first-order chi connectivity index (χ1) is 13.6. The fourth-order valence-electron chi connectivity index (χ4n) is 2.97. The third-order valence-electron chi connectivity index (χ3n) is 4.52. The third kappa shape index (κ3) is 3.81. The zero-order chi connectivity index (χ0) is 19.5. The molecule has 142 valence electrons. The molecule has 1 amide bonds. The van der Waals surface area contributed by atoms with Crippen LogP contribution in [0, 0.1) is 0 Å². The fraction of sp³-hybridized carbons (Fsp3) is 0.227. The summed E-state index contributed by atoms with van der Waals surface area (Å²) >= 11 is 0. The Morgan fingerprint density at radius 1 is 1.18 bits per heavy atom. The molecule has 1 N–H and O–H groups in total. The molecule has 0 saturated carbocycles. The summed E-state index contributed by atoms with van der Waals surface area (Å²) in [5, 5.41) is 7.33. The Balaban J connectivity index is 1.37. The second-order valence-corrected chi connectivity index (χ2v) is 7.02. The van der Waals surface area contributed by atoms with Crippen LogP contribution in [0.25, 0.3) is 16.8 Å². The van der Waals surface area contributed by atoms with Crippen LogP contribution in [0.3, 0.4) is 0 Å². The summed E-state index contributed by atoms with van der Waals surface area (Å²) in [6.07, 6.45) is 4.52. The first kappa shape index (κ1) is 18.0. The van der Waals surface area contributed by atoms with Crippen molar-refractivity contribution in [1.29, 1.82) is 0 Å². The molecule has 0 saturated heterocycles. The second-order valence-electron chi connectivity index (χ2n) is 7.02. The molecule has 2 aromatic heterocycles. The highest BCUT2D eigenvalue weighted by Crippen LogP contribution is 2.22. The summed E-state index contributed by atoms with van der Waals surface area (Å²) in [5.41, 5.74) is 4.07. The number of para-hydroxylation sites is 1. The van der Waals surface area contributed by atoms with Gasteiger partial charge in [-0.25, -0.2) is 9.67 Å². The van der Waals surface area contributed by atoms with Crippen molar-refractivity contribution in [3.8, 4) is 5.69 Å². The number of benzene rings is 2. The molecule has 4 aromatic rings. The van der Waals surface area contributed by atoms with Gasteiger partial charge in [-0.1, -0.05) is 32.0 Å². The summed E-state index contributed by atoms with van der Waals surface area (Å²) in [7, 11) is 0. The van der Waals surface area contributed by atoms with E-state index in [2.05, 4.69) is 15.4 Å². The molecular formula is C22H22N4O2. The van der Waals surface area contributed by atoms with Crippen molar-refractivity contribution in [1.82, 2.24) is 20.1 Å². The largest absolute Gasteiger partial charge is 0.440 e. The van der Waals surface area contributed by atoms with Crippen LogP contribution in [0.15, 0.2) is 65.3 Å². The van der Waals surface area contributed by atoms with Crippen LogP contribution >= 0.6 is 0 Å². The molecule has 2 heterocycles. The van der Waals surface area contributed by atoms with Crippen molar-refractivity contribution in [2.75, 3.05) is 6.54 Å². The Hall–Kier alpha value is -3.41. The molecule has 0 aliphatic carbocycles. The lowest BCUT2D eigenvalue weighted by Crippen LogP contribution is -2.25. The number of nitrogens with one attached hydrogen (secondary N) is 1. The number of amides is 1. The van der Waals surface area contributed by atoms with E-state index in [-0.39, 0.29) is 11.8 Å². The van der Waals surface area contributed by atoms with Crippen LogP contribution in [-0.2, 0) is 6.42 Å². The average molecular weight is 374 g/mol. The van der Waals surface area contributed by atoms with E-state index in [0.29, 0.717) is 35.5 Å². The Morgan fingerprint density at radius 3 is 2.79 bits per heavy atom. The van der Waals surface area contributed by atoms with E-state index in [1.807, 2.05) is 61.3 Å². The van der Waals surface area contributed by atoms with Gasteiger partial charge >= 0.3 is 0 Å². The van der Waals surface area contributed by atoms with E-state index in [0.717, 1.165) is 11.3 Å². The zero-order valence-corrected chi connectivity index (χ0v) is 15.9. The Bertz CT molecular complexity index is 1100. The average Bonchev–Trinajstić information content (AvgIpc) is 3.35. The molecule has 6 heteroatoms. The van der Waals surface area contributed by atoms with Gasteiger partial charge in [0.25, 0.3) is 5.91 Å². The van der Waals surface area contributed by atoms with E-state index < -0.39 is 0 Å². The molecule has 0 unspecified atom stereocenters. The van der Waals surface area contributed by atoms with Crippen LogP contribution in [0.2, 0.25) is 0 Å². The molecule has 0 bridgehead atoms. The maximum absolute atomic E-state index is 12.5. The van der Waals surface area contributed by atoms with Crippen molar-refractivity contribution in [2.24, 2.45) is 0 Å². The number of aromatic nitrogens is 3. The predicted octanol–water partition coefficient (Wildman–Crippen LogP) is 4.11. The van der Waals surface area contributed by atoms with Gasteiger partial charge in [0.05, 0.1) is 11.9 Å². The maximum atomic E-state index is 12.5. The van der Waals surface area contributed by atoms with Crippen molar-refractivity contribution < 1.29 is 9.21 Å². The van der Waals surface area contributed by atoms with E-state index >= 15 is 0 Å². The first-order valence-electron chi connectivity index (χ1n) is 9.38. The molecule has 0 fully saturated rings. The smallest absolute Gasteiger partial charge is 0.251 e. The molecule has 0 radical (unpaired) electrons. The molecule has 2 aromatic carbocycles. The second kappa shape index (κ2) is 7.68. The highest BCUT2D eigenvalue weighted by molar-refractivity contribution is 5.97. The van der Waals surface area contributed by atoms with E-state index in [4.69, 9.17) is 4.42 Å². The summed E-state index contributed by atoms with van der Waals surface area (Å²) in [5.74, 6) is 0.774. The SMILES string of the molecule is CC(C)c1nc2cc(C(=O)NCCc3cnn(-c4ccccc4)c3)ccc2o1. The van der Waals surface area contributed by atoms with Gasteiger partial charge in [-0.15, -0.1) is 0 Å². The van der Waals surface area contributed by atoms with Crippen LogP contribution in [-0.4, -0.2) is 27.2 Å².